The molecule has 0 bridgehead atoms. The monoisotopic (exact) mass is 241 g/mol. The minimum atomic E-state index is 0.108. The first kappa shape index (κ1) is 12.5. The van der Waals surface area contributed by atoms with Gasteiger partial charge in [0.2, 0.25) is 5.89 Å². The third-order valence-electron chi connectivity index (χ3n) is 2.80. The zero-order chi connectivity index (χ0) is 12.1. The predicted octanol–water partition coefficient (Wildman–Crippen LogP) is 0.178. The molecule has 6 nitrogen and oxygen atoms in total. The summed E-state index contributed by atoms with van der Waals surface area (Å²) in [7, 11) is 1.68. The van der Waals surface area contributed by atoms with Crippen LogP contribution in [0.25, 0.3) is 0 Å². The van der Waals surface area contributed by atoms with Gasteiger partial charge in [0.15, 0.2) is 5.82 Å². The molecule has 0 amide bonds. The van der Waals surface area contributed by atoms with Gasteiger partial charge in [-0.05, 0) is 6.92 Å². The largest absolute Gasteiger partial charge is 0.381 e. The van der Waals surface area contributed by atoms with Gasteiger partial charge in [-0.1, -0.05) is 5.16 Å². The second-order valence-electron chi connectivity index (χ2n) is 4.28. The maximum atomic E-state index is 5.37. The van der Waals surface area contributed by atoms with Crippen molar-refractivity contribution in [1.82, 2.24) is 15.5 Å². The Bertz CT molecular complexity index is 336. The summed E-state index contributed by atoms with van der Waals surface area (Å²) in [6.45, 7) is 4.34. The summed E-state index contributed by atoms with van der Waals surface area (Å²) in [6.07, 6.45) is 1.50. The lowest BCUT2D eigenvalue weighted by Crippen LogP contribution is -2.42. The maximum absolute atomic E-state index is 5.37. The van der Waals surface area contributed by atoms with Crippen molar-refractivity contribution in [2.75, 3.05) is 26.9 Å². The molecule has 0 spiro atoms. The molecule has 2 atom stereocenters. The van der Waals surface area contributed by atoms with E-state index in [9.17, 15) is 0 Å². The Kier molecular flexibility index (Phi) is 4.47. The average Bonchev–Trinajstić information content (AvgIpc) is 2.77. The van der Waals surface area contributed by atoms with Gasteiger partial charge in [-0.15, -0.1) is 0 Å². The van der Waals surface area contributed by atoms with Gasteiger partial charge in [-0.2, -0.15) is 4.98 Å². The summed E-state index contributed by atoms with van der Waals surface area (Å²) < 4.78 is 15.7. The van der Waals surface area contributed by atoms with Gasteiger partial charge >= 0.3 is 0 Å². The smallest absolute Gasteiger partial charge is 0.228 e. The van der Waals surface area contributed by atoms with Gasteiger partial charge in [-0.3, -0.25) is 0 Å². The summed E-state index contributed by atoms with van der Waals surface area (Å²) in [5.74, 6) is 1.36. The van der Waals surface area contributed by atoms with Gasteiger partial charge in [0.1, 0.15) is 0 Å². The van der Waals surface area contributed by atoms with Gasteiger partial charge in [0.25, 0.3) is 0 Å². The molecule has 0 radical (unpaired) electrons. The summed E-state index contributed by atoms with van der Waals surface area (Å²) in [6, 6.07) is 0.275. The minimum absolute atomic E-state index is 0.108. The normalized spacial score (nSPS) is 22.6. The van der Waals surface area contributed by atoms with Crippen LogP contribution in [0.3, 0.4) is 0 Å². The molecule has 6 heteroatoms. The summed E-state index contributed by atoms with van der Waals surface area (Å²) in [5, 5.41) is 7.29. The maximum Gasteiger partial charge on any atom is 0.228 e. The Morgan fingerprint density at radius 1 is 1.59 bits per heavy atom. The van der Waals surface area contributed by atoms with Crippen molar-refractivity contribution in [3.8, 4) is 0 Å². The van der Waals surface area contributed by atoms with Gasteiger partial charge in [-0.25, -0.2) is 0 Å². The molecule has 17 heavy (non-hydrogen) atoms. The summed E-state index contributed by atoms with van der Waals surface area (Å²) in [4.78, 5) is 4.34. The Hall–Kier alpha value is -0.980. The fraction of sp³-hybridized carbons (Fsp3) is 0.818. The number of rotatable bonds is 5. The lowest BCUT2D eigenvalue weighted by molar-refractivity contribution is 0.0744. The van der Waals surface area contributed by atoms with Crippen LogP contribution < -0.4 is 5.32 Å². The highest BCUT2D eigenvalue weighted by molar-refractivity contribution is 4.91. The molecule has 1 saturated heterocycles. The molecule has 1 aromatic rings. The van der Waals surface area contributed by atoms with Crippen LogP contribution in [-0.4, -0.2) is 49.2 Å². The molecular formula is C11H19N3O3. The van der Waals surface area contributed by atoms with E-state index in [1.54, 1.807) is 7.11 Å². The molecule has 1 aliphatic rings. The fourth-order valence-corrected chi connectivity index (χ4v) is 1.76. The zero-order valence-electron chi connectivity index (χ0n) is 10.3. The topological polar surface area (TPSA) is 69.4 Å². The average molecular weight is 241 g/mol. The first-order chi connectivity index (χ1) is 8.28. The van der Waals surface area contributed by atoms with E-state index in [1.807, 2.05) is 6.92 Å². The van der Waals surface area contributed by atoms with Crippen LogP contribution in [0.15, 0.2) is 4.52 Å². The first-order valence-electron chi connectivity index (χ1n) is 5.93. The molecule has 0 aliphatic carbocycles. The van der Waals surface area contributed by atoms with Gasteiger partial charge < -0.3 is 19.3 Å². The van der Waals surface area contributed by atoms with Crippen LogP contribution in [-0.2, 0) is 22.3 Å². The number of nitrogens with one attached hydrogen (secondary N) is 1. The van der Waals surface area contributed by atoms with Gasteiger partial charge in [0, 0.05) is 32.5 Å². The summed E-state index contributed by atoms with van der Waals surface area (Å²) >= 11 is 0. The van der Waals surface area contributed by atoms with Gasteiger partial charge in [0.05, 0.1) is 19.3 Å². The third kappa shape index (κ3) is 3.76. The molecular weight excluding hydrogens is 222 g/mol. The lowest BCUT2D eigenvalue weighted by atomic mass is 10.2. The number of nitrogens with zero attached hydrogens (tertiary/aromatic N) is 2. The fourth-order valence-electron chi connectivity index (χ4n) is 1.76. The number of methoxy groups -OCH3 is 1. The predicted molar refractivity (Wildman–Crippen MR) is 60.8 cm³/mol. The van der Waals surface area contributed by atoms with Crippen LogP contribution >= 0.6 is 0 Å². The number of morpholine rings is 1. The van der Waals surface area contributed by atoms with Crippen molar-refractivity contribution < 1.29 is 14.0 Å². The van der Waals surface area contributed by atoms with E-state index >= 15 is 0 Å². The second kappa shape index (κ2) is 6.09. The van der Waals surface area contributed by atoms with Crippen LogP contribution in [0.5, 0.6) is 0 Å². The quantitative estimate of drug-likeness (QED) is 0.793. The summed E-state index contributed by atoms with van der Waals surface area (Å²) in [5.41, 5.74) is 0. The molecule has 0 aromatic carbocycles. The molecule has 1 aliphatic heterocycles. The highest BCUT2D eigenvalue weighted by Gasteiger charge is 2.17. The van der Waals surface area contributed by atoms with Crippen LogP contribution in [0.2, 0.25) is 0 Å². The van der Waals surface area contributed by atoms with Crippen LogP contribution in [0.4, 0.5) is 0 Å². The molecule has 2 rings (SSSR count). The third-order valence-corrected chi connectivity index (χ3v) is 2.80. The zero-order valence-corrected chi connectivity index (χ0v) is 10.3. The van der Waals surface area contributed by atoms with Crippen molar-refractivity contribution in [2.24, 2.45) is 0 Å². The van der Waals surface area contributed by atoms with E-state index in [2.05, 4.69) is 15.5 Å². The van der Waals surface area contributed by atoms with Crippen molar-refractivity contribution in [2.45, 2.75) is 31.9 Å². The molecule has 1 N–H and O–H groups in total. The van der Waals surface area contributed by atoms with E-state index in [0.717, 1.165) is 13.2 Å². The molecule has 1 aromatic heterocycles. The van der Waals surface area contributed by atoms with Crippen LogP contribution in [0.1, 0.15) is 18.6 Å². The Morgan fingerprint density at radius 2 is 2.47 bits per heavy atom. The first-order valence-corrected chi connectivity index (χ1v) is 5.93. The van der Waals surface area contributed by atoms with Crippen molar-refractivity contribution in [1.29, 1.82) is 0 Å². The minimum Gasteiger partial charge on any atom is -0.381 e. The number of aromatic nitrogens is 2. The van der Waals surface area contributed by atoms with E-state index in [0.29, 0.717) is 31.2 Å². The second-order valence-corrected chi connectivity index (χ2v) is 4.28. The number of hydrogen-bond acceptors (Lipinski definition) is 6. The van der Waals surface area contributed by atoms with E-state index in [4.69, 9.17) is 14.0 Å². The lowest BCUT2D eigenvalue weighted by Gasteiger charge is -2.22. The highest BCUT2D eigenvalue weighted by atomic mass is 16.5. The van der Waals surface area contributed by atoms with E-state index in [1.165, 1.54) is 0 Å². The number of hydrogen-bond donors (Lipinski definition) is 1. The molecule has 2 heterocycles. The molecule has 96 valence electrons. The molecule has 2 unspecified atom stereocenters. The van der Waals surface area contributed by atoms with E-state index in [-0.39, 0.29) is 12.1 Å². The Balaban J connectivity index is 1.84. The number of ether oxygens (including phenoxy) is 2. The molecule has 0 saturated carbocycles. The highest BCUT2D eigenvalue weighted by Crippen LogP contribution is 2.06. The van der Waals surface area contributed by atoms with Crippen molar-refractivity contribution >= 4 is 0 Å². The standard InChI is InChI=1S/C11H19N3O3/c1-8(15-2)5-10-13-11(17-14-10)6-9-7-16-4-3-12-9/h8-9,12H,3-7H2,1-2H3. The molecule has 1 fully saturated rings. The van der Waals surface area contributed by atoms with Crippen molar-refractivity contribution in [3.05, 3.63) is 11.7 Å². The Labute approximate surface area is 101 Å². The van der Waals surface area contributed by atoms with Crippen LogP contribution in [0, 0.1) is 0 Å². The van der Waals surface area contributed by atoms with Crippen molar-refractivity contribution in [3.63, 3.8) is 0 Å². The van der Waals surface area contributed by atoms with E-state index < -0.39 is 0 Å². The Morgan fingerprint density at radius 3 is 3.18 bits per heavy atom. The SMILES string of the molecule is COC(C)Cc1noc(CC2COCCN2)n1.